The van der Waals surface area contributed by atoms with E-state index in [0.29, 0.717) is 18.3 Å². The molecule has 0 bridgehead atoms. The number of esters is 1. The van der Waals surface area contributed by atoms with E-state index < -0.39 is 5.60 Å². The van der Waals surface area contributed by atoms with Gasteiger partial charge in [-0.05, 0) is 51.0 Å². The SMILES string of the molecule is CC(C)C(CCc1ccccc1)CC(=O)OC(C)(C)C. The van der Waals surface area contributed by atoms with Crippen LogP contribution in [0.15, 0.2) is 30.3 Å². The molecule has 0 fully saturated rings. The number of hydrogen-bond donors (Lipinski definition) is 0. The number of carbonyl (C=O) groups excluding carboxylic acids is 1. The third kappa shape index (κ3) is 6.74. The Labute approximate surface area is 123 Å². The molecule has 2 heteroatoms. The van der Waals surface area contributed by atoms with Gasteiger partial charge in [-0.15, -0.1) is 0 Å². The van der Waals surface area contributed by atoms with E-state index in [9.17, 15) is 4.79 Å². The Bertz CT molecular complexity index is 401. The topological polar surface area (TPSA) is 26.3 Å². The molecule has 1 aromatic carbocycles. The second-order valence-corrected chi connectivity index (χ2v) is 6.82. The van der Waals surface area contributed by atoms with E-state index in [4.69, 9.17) is 4.74 Å². The van der Waals surface area contributed by atoms with Gasteiger partial charge >= 0.3 is 5.97 Å². The summed E-state index contributed by atoms with van der Waals surface area (Å²) in [6.07, 6.45) is 2.56. The third-order valence-corrected chi connectivity index (χ3v) is 3.44. The molecule has 1 aromatic rings. The molecule has 20 heavy (non-hydrogen) atoms. The average Bonchev–Trinajstić information content (AvgIpc) is 2.33. The van der Waals surface area contributed by atoms with Crippen LogP contribution in [0.4, 0.5) is 0 Å². The highest BCUT2D eigenvalue weighted by molar-refractivity contribution is 5.70. The van der Waals surface area contributed by atoms with Crippen molar-refractivity contribution >= 4 is 5.97 Å². The van der Waals surface area contributed by atoms with Crippen LogP contribution in [0.2, 0.25) is 0 Å². The molecular formula is C18H28O2. The quantitative estimate of drug-likeness (QED) is 0.708. The van der Waals surface area contributed by atoms with Crippen LogP contribution in [0, 0.1) is 11.8 Å². The molecule has 0 aromatic heterocycles. The summed E-state index contributed by atoms with van der Waals surface area (Å²) in [4.78, 5) is 12.0. The highest BCUT2D eigenvalue weighted by Crippen LogP contribution is 2.23. The molecule has 1 unspecified atom stereocenters. The first kappa shape index (κ1) is 16.7. The zero-order valence-corrected chi connectivity index (χ0v) is 13.5. The first-order valence-electron chi connectivity index (χ1n) is 7.53. The summed E-state index contributed by atoms with van der Waals surface area (Å²) < 4.78 is 5.43. The summed E-state index contributed by atoms with van der Waals surface area (Å²) in [6, 6.07) is 10.4. The van der Waals surface area contributed by atoms with E-state index in [0.717, 1.165) is 12.8 Å². The van der Waals surface area contributed by atoms with Crippen molar-refractivity contribution in [1.82, 2.24) is 0 Å². The summed E-state index contributed by atoms with van der Waals surface area (Å²) in [6.45, 7) is 10.1. The van der Waals surface area contributed by atoms with Crippen LogP contribution in [-0.4, -0.2) is 11.6 Å². The van der Waals surface area contributed by atoms with Crippen molar-refractivity contribution < 1.29 is 9.53 Å². The molecule has 2 nitrogen and oxygen atoms in total. The third-order valence-electron chi connectivity index (χ3n) is 3.44. The lowest BCUT2D eigenvalue weighted by Gasteiger charge is -2.24. The second kappa shape index (κ2) is 7.47. The standard InChI is InChI=1S/C18H28O2/c1-14(2)16(13-17(19)20-18(3,4)5)12-11-15-9-7-6-8-10-15/h6-10,14,16H,11-13H2,1-5H3. The summed E-state index contributed by atoms with van der Waals surface area (Å²) >= 11 is 0. The predicted octanol–water partition coefficient (Wildman–Crippen LogP) is 4.62. The molecule has 1 atom stereocenters. The summed E-state index contributed by atoms with van der Waals surface area (Å²) in [5, 5.41) is 0. The maximum atomic E-state index is 12.0. The van der Waals surface area contributed by atoms with Crippen molar-refractivity contribution in [2.45, 2.75) is 59.5 Å². The number of benzene rings is 1. The minimum absolute atomic E-state index is 0.0794. The Kier molecular flexibility index (Phi) is 6.25. The molecule has 0 spiro atoms. The van der Waals surface area contributed by atoms with Gasteiger partial charge in [0.2, 0.25) is 0 Å². The van der Waals surface area contributed by atoms with Gasteiger partial charge in [0.05, 0.1) is 0 Å². The second-order valence-electron chi connectivity index (χ2n) is 6.82. The number of hydrogen-bond acceptors (Lipinski definition) is 2. The smallest absolute Gasteiger partial charge is 0.306 e. The Morgan fingerprint density at radius 1 is 1.15 bits per heavy atom. The van der Waals surface area contributed by atoms with E-state index in [1.807, 2.05) is 26.8 Å². The molecule has 1 rings (SSSR count). The normalized spacial score (nSPS) is 13.3. The lowest BCUT2D eigenvalue weighted by atomic mass is 9.87. The highest BCUT2D eigenvalue weighted by Gasteiger charge is 2.22. The molecule has 0 amide bonds. The van der Waals surface area contributed by atoms with Gasteiger partial charge in [-0.1, -0.05) is 44.2 Å². The van der Waals surface area contributed by atoms with Crippen LogP contribution < -0.4 is 0 Å². The molecule has 0 aliphatic rings. The lowest BCUT2D eigenvalue weighted by molar-refractivity contribution is -0.156. The van der Waals surface area contributed by atoms with Crippen molar-refractivity contribution in [3.05, 3.63) is 35.9 Å². The number of rotatable bonds is 6. The summed E-state index contributed by atoms with van der Waals surface area (Å²) in [5.41, 5.74) is 0.945. The molecular weight excluding hydrogens is 248 g/mol. The summed E-state index contributed by atoms with van der Waals surface area (Å²) in [5.74, 6) is 0.792. The fourth-order valence-electron chi connectivity index (χ4n) is 2.27. The van der Waals surface area contributed by atoms with E-state index in [1.54, 1.807) is 0 Å². The van der Waals surface area contributed by atoms with Crippen molar-refractivity contribution in [3.8, 4) is 0 Å². The maximum Gasteiger partial charge on any atom is 0.306 e. The molecule has 0 heterocycles. The monoisotopic (exact) mass is 276 g/mol. The number of ether oxygens (including phenoxy) is 1. The Hall–Kier alpha value is -1.31. The predicted molar refractivity (Wildman–Crippen MR) is 83.6 cm³/mol. The van der Waals surface area contributed by atoms with Gasteiger partial charge in [0.1, 0.15) is 5.60 Å². The molecule has 112 valence electrons. The summed E-state index contributed by atoms with van der Waals surface area (Å²) in [7, 11) is 0. The lowest BCUT2D eigenvalue weighted by Crippen LogP contribution is -2.26. The minimum Gasteiger partial charge on any atom is -0.460 e. The van der Waals surface area contributed by atoms with Crippen LogP contribution >= 0.6 is 0 Å². The molecule has 0 aliphatic carbocycles. The zero-order valence-electron chi connectivity index (χ0n) is 13.5. The van der Waals surface area contributed by atoms with Crippen LogP contribution in [0.25, 0.3) is 0 Å². The fourth-order valence-corrected chi connectivity index (χ4v) is 2.27. The Morgan fingerprint density at radius 3 is 2.25 bits per heavy atom. The van der Waals surface area contributed by atoms with Gasteiger partial charge < -0.3 is 4.74 Å². The zero-order chi connectivity index (χ0) is 15.2. The van der Waals surface area contributed by atoms with Crippen molar-refractivity contribution in [2.75, 3.05) is 0 Å². The molecule has 0 N–H and O–H groups in total. The Morgan fingerprint density at radius 2 is 1.75 bits per heavy atom. The number of carbonyl (C=O) groups is 1. The van der Waals surface area contributed by atoms with Crippen LogP contribution in [-0.2, 0) is 16.0 Å². The van der Waals surface area contributed by atoms with E-state index in [-0.39, 0.29) is 5.97 Å². The molecule has 0 saturated heterocycles. The number of aryl methyl sites for hydroxylation is 1. The highest BCUT2D eigenvalue weighted by atomic mass is 16.6. The molecule has 0 saturated carbocycles. The van der Waals surface area contributed by atoms with Crippen LogP contribution in [0.5, 0.6) is 0 Å². The minimum atomic E-state index is -0.391. The van der Waals surface area contributed by atoms with Gasteiger partial charge in [-0.2, -0.15) is 0 Å². The van der Waals surface area contributed by atoms with Gasteiger partial charge in [0.15, 0.2) is 0 Å². The van der Waals surface area contributed by atoms with Gasteiger partial charge in [0, 0.05) is 6.42 Å². The van der Waals surface area contributed by atoms with E-state index in [2.05, 4.69) is 38.1 Å². The van der Waals surface area contributed by atoms with Crippen LogP contribution in [0.3, 0.4) is 0 Å². The van der Waals surface area contributed by atoms with Crippen LogP contribution in [0.1, 0.15) is 53.0 Å². The average molecular weight is 276 g/mol. The van der Waals surface area contributed by atoms with Gasteiger partial charge in [0.25, 0.3) is 0 Å². The van der Waals surface area contributed by atoms with Crippen molar-refractivity contribution in [1.29, 1.82) is 0 Å². The first-order valence-corrected chi connectivity index (χ1v) is 7.53. The molecule has 0 radical (unpaired) electrons. The Balaban J connectivity index is 2.51. The first-order chi connectivity index (χ1) is 9.28. The largest absolute Gasteiger partial charge is 0.460 e. The van der Waals surface area contributed by atoms with Gasteiger partial charge in [-0.3, -0.25) is 4.79 Å². The van der Waals surface area contributed by atoms with E-state index in [1.165, 1.54) is 5.56 Å². The fraction of sp³-hybridized carbons (Fsp3) is 0.611. The molecule has 0 aliphatic heterocycles. The van der Waals surface area contributed by atoms with Gasteiger partial charge in [-0.25, -0.2) is 0 Å². The van der Waals surface area contributed by atoms with Crippen molar-refractivity contribution in [3.63, 3.8) is 0 Å². The van der Waals surface area contributed by atoms with Crippen molar-refractivity contribution in [2.24, 2.45) is 11.8 Å². The maximum absolute atomic E-state index is 12.0. The van der Waals surface area contributed by atoms with E-state index >= 15 is 0 Å².